The fourth-order valence-electron chi connectivity index (χ4n) is 4.18. The topological polar surface area (TPSA) is 91.4 Å². The zero-order valence-corrected chi connectivity index (χ0v) is 15.9. The lowest BCUT2D eigenvalue weighted by Gasteiger charge is -2.06. The Morgan fingerprint density at radius 3 is 2.86 bits per heavy atom. The van der Waals surface area contributed by atoms with Crippen molar-refractivity contribution in [1.82, 2.24) is 4.98 Å². The second kappa shape index (κ2) is 7.54. The van der Waals surface area contributed by atoms with Gasteiger partial charge in [-0.25, -0.2) is 0 Å². The Hall–Kier alpha value is -3.02. The third-order valence-corrected chi connectivity index (χ3v) is 5.58. The lowest BCUT2D eigenvalue weighted by Crippen LogP contribution is -2.04. The number of benzene rings is 1. The van der Waals surface area contributed by atoms with Crippen molar-refractivity contribution in [2.24, 2.45) is 0 Å². The molecule has 0 atom stereocenters. The summed E-state index contributed by atoms with van der Waals surface area (Å²) < 4.78 is 5.30. The Balaban J connectivity index is 1.79. The summed E-state index contributed by atoms with van der Waals surface area (Å²) in [4.78, 5) is 27.2. The first-order valence-electron chi connectivity index (χ1n) is 9.72. The number of hydrogen-bond donors (Lipinski definition) is 3. The van der Waals surface area contributed by atoms with Crippen LogP contribution in [-0.4, -0.2) is 29.1 Å². The Morgan fingerprint density at radius 2 is 2.07 bits per heavy atom. The molecule has 6 nitrogen and oxygen atoms in total. The fraction of sp³-hybridized carbons (Fsp3) is 0.364. The van der Waals surface area contributed by atoms with Crippen LogP contribution in [0.15, 0.2) is 18.2 Å². The second-order valence-corrected chi connectivity index (χ2v) is 7.35. The van der Waals surface area contributed by atoms with Gasteiger partial charge in [-0.05, 0) is 67.5 Å². The molecule has 146 valence electrons. The molecule has 0 saturated carbocycles. The van der Waals surface area contributed by atoms with Crippen molar-refractivity contribution in [3.05, 3.63) is 46.3 Å². The maximum atomic E-state index is 12.6. The quantitative estimate of drug-likeness (QED) is 0.543. The molecule has 0 fully saturated rings. The van der Waals surface area contributed by atoms with E-state index in [0.29, 0.717) is 17.7 Å². The highest BCUT2D eigenvalue weighted by atomic mass is 16.5. The van der Waals surface area contributed by atoms with Crippen molar-refractivity contribution in [2.75, 3.05) is 12.4 Å². The molecule has 1 amide bonds. The fourth-order valence-corrected chi connectivity index (χ4v) is 4.18. The van der Waals surface area contributed by atoms with E-state index in [1.165, 1.54) is 17.7 Å². The molecule has 6 heteroatoms. The average Bonchev–Trinajstić information content (AvgIpc) is 3.05. The van der Waals surface area contributed by atoms with Crippen LogP contribution in [0.4, 0.5) is 5.69 Å². The molecule has 2 aromatic rings. The number of aliphatic carboxylic acids is 1. The molecule has 28 heavy (non-hydrogen) atoms. The number of carboxylic acid groups (broad SMARTS) is 1. The molecule has 1 aliphatic carbocycles. The maximum absolute atomic E-state index is 12.6. The summed E-state index contributed by atoms with van der Waals surface area (Å²) in [6, 6.07) is 5.50. The van der Waals surface area contributed by atoms with Gasteiger partial charge in [0.1, 0.15) is 5.75 Å². The Bertz CT molecular complexity index is 971. The van der Waals surface area contributed by atoms with E-state index < -0.39 is 5.97 Å². The van der Waals surface area contributed by atoms with E-state index in [0.717, 1.165) is 48.2 Å². The van der Waals surface area contributed by atoms with Crippen LogP contribution in [0.2, 0.25) is 0 Å². The zero-order chi connectivity index (χ0) is 19.7. The van der Waals surface area contributed by atoms with Crippen LogP contribution in [-0.2, 0) is 28.9 Å². The summed E-state index contributed by atoms with van der Waals surface area (Å²) in [6.45, 7) is 0. The van der Waals surface area contributed by atoms with Crippen molar-refractivity contribution in [2.45, 2.75) is 44.9 Å². The van der Waals surface area contributed by atoms with E-state index in [1.54, 1.807) is 7.11 Å². The standard InChI is InChI=1S/C22H24N2O4/c1-28-13-7-9-19-16(11-13)17(22(27)24-19)12-20-15(8-10-21(25)26)14-5-3-2-4-6-18(14)23-20/h7,9,11-12,23H,2-6,8,10H2,1H3,(H,24,27)(H,25,26)/b17-12-. The van der Waals surface area contributed by atoms with Crippen molar-refractivity contribution >= 4 is 29.2 Å². The monoisotopic (exact) mass is 380 g/mol. The van der Waals surface area contributed by atoms with Crippen molar-refractivity contribution in [3.63, 3.8) is 0 Å². The van der Waals surface area contributed by atoms with Gasteiger partial charge in [-0.1, -0.05) is 6.42 Å². The molecule has 3 N–H and O–H groups in total. The SMILES string of the molecule is COc1ccc2c(c1)/C(=C/c1[nH]c3c(c1CCC(=O)O)CCCCC3)C(=O)N2. The first kappa shape index (κ1) is 18.3. The summed E-state index contributed by atoms with van der Waals surface area (Å²) in [5.41, 5.74) is 6.46. The molecule has 2 heterocycles. The number of ether oxygens (including phenoxy) is 1. The summed E-state index contributed by atoms with van der Waals surface area (Å²) in [5.74, 6) is -0.275. The average molecular weight is 380 g/mol. The van der Waals surface area contributed by atoms with Gasteiger partial charge in [-0.2, -0.15) is 0 Å². The van der Waals surface area contributed by atoms with E-state index in [1.807, 2.05) is 24.3 Å². The van der Waals surface area contributed by atoms with E-state index in [2.05, 4.69) is 10.3 Å². The molecule has 0 spiro atoms. The van der Waals surface area contributed by atoms with E-state index in [4.69, 9.17) is 4.74 Å². The molecule has 1 aromatic heterocycles. The number of aromatic nitrogens is 1. The van der Waals surface area contributed by atoms with Gasteiger partial charge in [0.15, 0.2) is 0 Å². The van der Waals surface area contributed by atoms with Gasteiger partial charge in [-0.15, -0.1) is 0 Å². The number of aromatic amines is 1. The molecule has 0 bridgehead atoms. The number of carbonyl (C=O) groups is 2. The number of amides is 1. The number of H-pyrrole nitrogens is 1. The molecular formula is C22H24N2O4. The molecule has 1 aliphatic heterocycles. The lowest BCUT2D eigenvalue weighted by molar-refractivity contribution is -0.137. The van der Waals surface area contributed by atoms with Gasteiger partial charge in [0.2, 0.25) is 0 Å². The molecule has 1 aromatic carbocycles. The van der Waals surface area contributed by atoms with Crippen molar-refractivity contribution in [1.29, 1.82) is 0 Å². The third kappa shape index (κ3) is 3.42. The summed E-state index contributed by atoms with van der Waals surface area (Å²) in [6.07, 6.45) is 7.77. The van der Waals surface area contributed by atoms with Crippen LogP contribution in [0.5, 0.6) is 5.75 Å². The minimum Gasteiger partial charge on any atom is -0.497 e. The number of carbonyl (C=O) groups excluding carboxylic acids is 1. The number of rotatable bonds is 5. The Labute approximate surface area is 163 Å². The predicted molar refractivity (Wildman–Crippen MR) is 108 cm³/mol. The lowest BCUT2D eigenvalue weighted by atomic mass is 9.98. The number of anilines is 1. The highest BCUT2D eigenvalue weighted by molar-refractivity contribution is 6.35. The van der Waals surface area contributed by atoms with Gasteiger partial charge in [0, 0.05) is 29.1 Å². The van der Waals surface area contributed by atoms with Gasteiger partial charge < -0.3 is 20.1 Å². The minimum atomic E-state index is -0.809. The number of nitrogens with one attached hydrogen (secondary N) is 2. The van der Waals surface area contributed by atoms with Crippen LogP contribution in [0.3, 0.4) is 0 Å². The molecule has 0 saturated heterocycles. The van der Waals surface area contributed by atoms with E-state index in [9.17, 15) is 14.7 Å². The number of carboxylic acids is 1. The van der Waals surface area contributed by atoms with Gasteiger partial charge >= 0.3 is 5.97 Å². The van der Waals surface area contributed by atoms with Crippen LogP contribution in [0, 0.1) is 0 Å². The Kier molecular flexibility index (Phi) is 4.94. The van der Waals surface area contributed by atoms with Gasteiger partial charge in [-0.3, -0.25) is 9.59 Å². The summed E-state index contributed by atoms with van der Waals surface area (Å²) in [5, 5.41) is 12.1. The number of hydrogen-bond acceptors (Lipinski definition) is 3. The maximum Gasteiger partial charge on any atom is 0.303 e. The second-order valence-electron chi connectivity index (χ2n) is 7.35. The van der Waals surface area contributed by atoms with Crippen LogP contribution < -0.4 is 10.1 Å². The smallest absolute Gasteiger partial charge is 0.303 e. The summed E-state index contributed by atoms with van der Waals surface area (Å²) in [7, 11) is 1.60. The highest BCUT2D eigenvalue weighted by Gasteiger charge is 2.26. The van der Waals surface area contributed by atoms with Crippen LogP contribution in [0.25, 0.3) is 11.6 Å². The van der Waals surface area contributed by atoms with Gasteiger partial charge in [0.05, 0.1) is 12.7 Å². The van der Waals surface area contributed by atoms with Gasteiger partial charge in [0.25, 0.3) is 5.91 Å². The zero-order valence-electron chi connectivity index (χ0n) is 15.9. The summed E-state index contributed by atoms with van der Waals surface area (Å²) >= 11 is 0. The highest BCUT2D eigenvalue weighted by Crippen LogP contribution is 2.37. The van der Waals surface area contributed by atoms with Crippen molar-refractivity contribution < 1.29 is 19.4 Å². The molecule has 0 radical (unpaired) electrons. The normalized spacial score (nSPS) is 17.0. The minimum absolute atomic E-state index is 0.0804. The van der Waals surface area contributed by atoms with Crippen molar-refractivity contribution in [3.8, 4) is 5.75 Å². The molecular weight excluding hydrogens is 356 g/mol. The number of aryl methyl sites for hydroxylation is 1. The van der Waals surface area contributed by atoms with Crippen LogP contribution in [0.1, 0.15) is 53.8 Å². The molecule has 4 rings (SSSR count). The van der Waals surface area contributed by atoms with E-state index in [-0.39, 0.29) is 12.3 Å². The predicted octanol–water partition coefficient (Wildman–Crippen LogP) is 3.80. The third-order valence-electron chi connectivity index (χ3n) is 5.58. The van der Waals surface area contributed by atoms with E-state index >= 15 is 0 Å². The van der Waals surface area contributed by atoms with Crippen LogP contribution >= 0.6 is 0 Å². The number of methoxy groups -OCH3 is 1. The molecule has 0 unspecified atom stereocenters. The largest absolute Gasteiger partial charge is 0.497 e. The first-order valence-corrected chi connectivity index (χ1v) is 9.72. The Morgan fingerprint density at radius 1 is 1.25 bits per heavy atom. The number of fused-ring (bicyclic) bond motifs is 2. The molecule has 2 aliphatic rings. The first-order chi connectivity index (χ1) is 13.6.